The number of amides is 1. The van der Waals surface area contributed by atoms with Crippen molar-refractivity contribution in [1.82, 2.24) is 25.1 Å². The summed E-state index contributed by atoms with van der Waals surface area (Å²) in [5.74, 6) is 0.524. The normalized spacial score (nSPS) is 14.6. The number of rotatable bonds is 6. The molecule has 0 saturated carbocycles. The van der Waals surface area contributed by atoms with E-state index in [-0.39, 0.29) is 17.6 Å². The Balaban J connectivity index is 1.23. The molecule has 136 valence electrons. The van der Waals surface area contributed by atoms with Crippen molar-refractivity contribution in [1.29, 1.82) is 0 Å². The second kappa shape index (κ2) is 7.20. The molecule has 2 aromatic heterocycles. The Labute approximate surface area is 157 Å². The molecule has 3 heterocycles. The highest BCUT2D eigenvalue weighted by atomic mass is 32.2. The van der Waals surface area contributed by atoms with Gasteiger partial charge in [-0.25, -0.2) is 9.37 Å². The van der Waals surface area contributed by atoms with Crippen molar-refractivity contribution in [2.75, 3.05) is 30.3 Å². The number of nitrogens with one attached hydrogen (secondary N) is 1. The molecule has 4 rings (SSSR count). The zero-order valence-electron chi connectivity index (χ0n) is 14.1. The molecule has 1 aromatic carbocycles. The minimum Gasteiger partial charge on any atom is -0.355 e. The summed E-state index contributed by atoms with van der Waals surface area (Å²) in [5, 5.41) is 12.4. The van der Waals surface area contributed by atoms with Crippen LogP contribution >= 0.6 is 23.1 Å². The van der Waals surface area contributed by atoms with Gasteiger partial charge in [-0.3, -0.25) is 4.79 Å². The van der Waals surface area contributed by atoms with E-state index in [0.717, 1.165) is 26.3 Å². The number of thioether (sulfide) groups is 1. The van der Waals surface area contributed by atoms with Crippen LogP contribution in [0.3, 0.4) is 0 Å². The minimum absolute atomic E-state index is 0.0291. The van der Waals surface area contributed by atoms with Gasteiger partial charge in [0.25, 0.3) is 0 Å². The van der Waals surface area contributed by atoms with Crippen LogP contribution in [-0.2, 0) is 11.8 Å². The lowest BCUT2D eigenvalue weighted by molar-refractivity contribution is -0.125. The fourth-order valence-corrected chi connectivity index (χ4v) is 4.44. The monoisotopic (exact) mass is 392 g/mol. The fourth-order valence-electron chi connectivity index (χ4n) is 2.69. The summed E-state index contributed by atoms with van der Waals surface area (Å²) in [5.41, 5.74) is 0.792. The summed E-state index contributed by atoms with van der Waals surface area (Å²) < 4.78 is 15.9. The first-order valence-corrected chi connectivity index (χ1v) is 9.96. The van der Waals surface area contributed by atoms with E-state index in [4.69, 9.17) is 0 Å². The Bertz CT molecular complexity index is 936. The van der Waals surface area contributed by atoms with Crippen LogP contribution < -0.4 is 10.2 Å². The van der Waals surface area contributed by atoms with E-state index in [1.807, 2.05) is 11.6 Å². The summed E-state index contributed by atoms with van der Waals surface area (Å²) in [7, 11) is 1.89. The van der Waals surface area contributed by atoms with Crippen LogP contribution in [0.15, 0.2) is 29.7 Å². The van der Waals surface area contributed by atoms with E-state index in [1.165, 1.54) is 23.5 Å². The molecule has 0 spiro atoms. The first-order chi connectivity index (χ1) is 12.6. The lowest BCUT2D eigenvalue weighted by Crippen LogP contribution is -2.54. The summed E-state index contributed by atoms with van der Waals surface area (Å²) in [4.78, 5) is 18.8. The number of carbonyl (C=O) groups excluding carboxylic acids is 1. The molecule has 1 aliphatic heterocycles. The number of hydrogen-bond acceptors (Lipinski definition) is 7. The van der Waals surface area contributed by atoms with E-state index in [1.54, 1.807) is 24.2 Å². The average Bonchev–Trinajstić information content (AvgIpc) is 3.16. The molecule has 1 fully saturated rings. The number of hydrogen-bond donors (Lipinski definition) is 1. The molecule has 3 aromatic rings. The molecule has 0 radical (unpaired) electrons. The number of carbonyl (C=O) groups is 1. The molecule has 0 unspecified atom stereocenters. The van der Waals surface area contributed by atoms with Crippen LogP contribution in [0, 0.1) is 11.7 Å². The molecule has 1 aliphatic rings. The van der Waals surface area contributed by atoms with Gasteiger partial charge in [0.2, 0.25) is 5.91 Å². The number of aromatic nitrogens is 4. The number of nitrogens with zero attached hydrogens (tertiary/aromatic N) is 5. The molecule has 10 heteroatoms. The van der Waals surface area contributed by atoms with Crippen LogP contribution in [0.25, 0.3) is 10.2 Å². The van der Waals surface area contributed by atoms with Crippen LogP contribution in [-0.4, -0.2) is 51.0 Å². The van der Waals surface area contributed by atoms with E-state index < -0.39 is 0 Å². The van der Waals surface area contributed by atoms with E-state index in [9.17, 15) is 9.18 Å². The highest BCUT2D eigenvalue weighted by Crippen LogP contribution is 2.33. The second-order valence-electron chi connectivity index (χ2n) is 6.07. The van der Waals surface area contributed by atoms with Crippen molar-refractivity contribution in [3.8, 4) is 0 Å². The predicted molar refractivity (Wildman–Crippen MR) is 100 cm³/mol. The van der Waals surface area contributed by atoms with Gasteiger partial charge in [0.15, 0.2) is 10.3 Å². The minimum atomic E-state index is -0.257. The summed E-state index contributed by atoms with van der Waals surface area (Å²) in [6.07, 6.45) is 1.65. The van der Waals surface area contributed by atoms with Gasteiger partial charge in [-0.2, -0.15) is 0 Å². The van der Waals surface area contributed by atoms with Crippen molar-refractivity contribution in [2.45, 2.75) is 5.16 Å². The van der Waals surface area contributed by atoms with Crippen molar-refractivity contribution in [2.24, 2.45) is 13.0 Å². The Hall–Kier alpha value is -2.20. The molecule has 7 nitrogen and oxygen atoms in total. The molecular weight excluding hydrogens is 375 g/mol. The second-order valence-corrected chi connectivity index (χ2v) is 8.15. The highest BCUT2D eigenvalue weighted by Gasteiger charge is 2.34. The number of aryl methyl sites for hydroxylation is 1. The Morgan fingerprint density at radius 1 is 1.46 bits per heavy atom. The van der Waals surface area contributed by atoms with Crippen LogP contribution in [0.2, 0.25) is 0 Å². The Morgan fingerprint density at radius 3 is 3.08 bits per heavy atom. The molecule has 0 bridgehead atoms. The fraction of sp³-hybridized carbons (Fsp3) is 0.375. The lowest BCUT2D eigenvalue weighted by atomic mass is 10.0. The lowest BCUT2D eigenvalue weighted by Gasteiger charge is -2.37. The molecule has 0 aliphatic carbocycles. The average molecular weight is 392 g/mol. The Morgan fingerprint density at radius 2 is 2.31 bits per heavy atom. The molecule has 26 heavy (non-hydrogen) atoms. The van der Waals surface area contributed by atoms with Crippen LogP contribution in [0.5, 0.6) is 0 Å². The third kappa shape index (κ3) is 3.51. The van der Waals surface area contributed by atoms with Crippen molar-refractivity contribution in [3.05, 3.63) is 30.3 Å². The molecule has 1 amide bonds. The summed E-state index contributed by atoms with van der Waals surface area (Å²) >= 11 is 3.01. The van der Waals surface area contributed by atoms with Gasteiger partial charge in [0, 0.05) is 32.4 Å². The van der Waals surface area contributed by atoms with Gasteiger partial charge in [0.05, 0.1) is 16.1 Å². The topological polar surface area (TPSA) is 75.9 Å². The van der Waals surface area contributed by atoms with Gasteiger partial charge in [-0.05, 0) is 18.2 Å². The van der Waals surface area contributed by atoms with Crippen LogP contribution in [0.4, 0.5) is 9.52 Å². The molecular formula is C16H17FN6OS2. The van der Waals surface area contributed by atoms with Crippen molar-refractivity contribution >= 4 is 44.4 Å². The predicted octanol–water partition coefficient (Wildman–Crippen LogP) is 1.91. The maximum absolute atomic E-state index is 13.3. The maximum Gasteiger partial charge on any atom is 0.226 e. The number of fused-ring (bicyclic) bond motifs is 1. The number of halogens is 1. The standard InChI is InChI=1S/C16H17FN6OS2/c1-22-9-19-21-16(22)25-5-4-18-14(24)10-7-23(8-10)15-20-12-3-2-11(17)6-13(12)26-15/h2-3,6,9-10H,4-5,7-8H2,1H3,(H,18,24). The summed E-state index contributed by atoms with van der Waals surface area (Å²) in [6.45, 7) is 1.88. The van der Waals surface area contributed by atoms with Crippen molar-refractivity contribution < 1.29 is 9.18 Å². The largest absolute Gasteiger partial charge is 0.355 e. The van der Waals surface area contributed by atoms with E-state index in [0.29, 0.717) is 19.6 Å². The Kier molecular flexibility index (Phi) is 4.77. The van der Waals surface area contributed by atoms with Gasteiger partial charge >= 0.3 is 0 Å². The van der Waals surface area contributed by atoms with Gasteiger partial charge in [-0.1, -0.05) is 23.1 Å². The first kappa shape index (κ1) is 17.2. The maximum atomic E-state index is 13.3. The number of benzene rings is 1. The zero-order valence-corrected chi connectivity index (χ0v) is 15.7. The van der Waals surface area contributed by atoms with Gasteiger partial charge in [0.1, 0.15) is 12.1 Å². The number of anilines is 1. The molecule has 1 N–H and O–H groups in total. The third-order valence-corrected chi connectivity index (χ3v) is 6.28. The third-order valence-electron chi connectivity index (χ3n) is 4.16. The van der Waals surface area contributed by atoms with E-state index in [2.05, 4.69) is 25.4 Å². The quantitative estimate of drug-likeness (QED) is 0.510. The first-order valence-electron chi connectivity index (χ1n) is 8.16. The highest BCUT2D eigenvalue weighted by molar-refractivity contribution is 7.99. The molecule has 0 atom stereocenters. The smallest absolute Gasteiger partial charge is 0.226 e. The van der Waals surface area contributed by atoms with E-state index >= 15 is 0 Å². The molecule has 1 saturated heterocycles. The SMILES string of the molecule is Cn1cnnc1SCCNC(=O)C1CN(c2nc3ccc(F)cc3s2)C1. The zero-order chi connectivity index (χ0) is 18.1. The number of thiazole rings is 1. The van der Waals surface area contributed by atoms with Gasteiger partial charge in [-0.15, -0.1) is 10.2 Å². The van der Waals surface area contributed by atoms with Crippen molar-refractivity contribution in [3.63, 3.8) is 0 Å². The van der Waals surface area contributed by atoms with Gasteiger partial charge < -0.3 is 14.8 Å². The summed E-state index contributed by atoms with van der Waals surface area (Å²) in [6, 6.07) is 4.59. The van der Waals surface area contributed by atoms with Crippen LogP contribution in [0.1, 0.15) is 0 Å².